The van der Waals surface area contributed by atoms with Crippen LogP contribution in [0.3, 0.4) is 0 Å². The molecule has 37 heavy (non-hydrogen) atoms. The van der Waals surface area contributed by atoms with Gasteiger partial charge in [0.05, 0.1) is 28.6 Å². The van der Waals surface area contributed by atoms with E-state index in [4.69, 9.17) is 35.6 Å². The van der Waals surface area contributed by atoms with E-state index >= 15 is 0 Å². The van der Waals surface area contributed by atoms with Gasteiger partial charge in [0.1, 0.15) is 30.0 Å². The number of aliphatic hydroxyl groups excluding tert-OH is 1. The van der Waals surface area contributed by atoms with Crippen LogP contribution in [0.4, 0.5) is 5.82 Å². The molecule has 1 unspecified atom stereocenters. The zero-order valence-electron chi connectivity index (χ0n) is 21.8. The number of hydrogen-bond acceptors (Lipinski definition) is 9. The maximum Gasteiger partial charge on any atom is 0.163 e. The fourth-order valence-electron chi connectivity index (χ4n) is 5.34. The Balaban J connectivity index is 1.57. The molecule has 0 bridgehead atoms. The first-order chi connectivity index (χ1) is 17.8. The first-order valence-electron chi connectivity index (χ1n) is 12.7. The van der Waals surface area contributed by atoms with Crippen molar-refractivity contribution in [3.8, 4) is 28.4 Å². The van der Waals surface area contributed by atoms with Gasteiger partial charge in [-0.3, -0.25) is 0 Å². The summed E-state index contributed by atoms with van der Waals surface area (Å²) in [6.45, 7) is 9.88. The second-order valence-corrected chi connectivity index (χ2v) is 10.6. The van der Waals surface area contributed by atoms with Gasteiger partial charge >= 0.3 is 0 Å². The summed E-state index contributed by atoms with van der Waals surface area (Å²) < 4.78 is 17.1. The molecule has 2 fully saturated rings. The molecule has 2 aliphatic heterocycles. The van der Waals surface area contributed by atoms with Gasteiger partial charge in [-0.1, -0.05) is 16.8 Å². The van der Waals surface area contributed by atoms with Crippen LogP contribution in [0.2, 0.25) is 5.02 Å². The van der Waals surface area contributed by atoms with E-state index < -0.39 is 6.10 Å². The molecule has 2 atom stereocenters. The SMILES string of the molecule is CNC[C@@H](O)COc1ccc(Cl)c(-c2nc(-c3c(C)noc3C)c(C)c(N3CCC4(CCOC4)C3)n2)c1. The lowest BCUT2D eigenvalue weighted by atomic mass is 9.87. The van der Waals surface area contributed by atoms with Gasteiger partial charge in [-0.05, 0) is 58.9 Å². The molecule has 198 valence electrons. The molecule has 0 radical (unpaired) electrons. The maximum absolute atomic E-state index is 10.1. The van der Waals surface area contributed by atoms with Crippen LogP contribution >= 0.6 is 11.6 Å². The van der Waals surface area contributed by atoms with Crippen molar-refractivity contribution in [1.82, 2.24) is 20.4 Å². The van der Waals surface area contributed by atoms with Crippen LogP contribution in [0.1, 0.15) is 29.9 Å². The normalized spacial score (nSPS) is 20.2. The minimum absolute atomic E-state index is 0.157. The Morgan fingerprint density at radius 3 is 2.78 bits per heavy atom. The molecule has 4 heterocycles. The maximum atomic E-state index is 10.1. The minimum Gasteiger partial charge on any atom is -0.491 e. The van der Waals surface area contributed by atoms with E-state index in [0.717, 1.165) is 67.5 Å². The van der Waals surface area contributed by atoms with Crippen molar-refractivity contribution in [2.75, 3.05) is 51.4 Å². The van der Waals surface area contributed by atoms with E-state index in [1.54, 1.807) is 19.2 Å². The van der Waals surface area contributed by atoms with Gasteiger partial charge in [-0.15, -0.1) is 0 Å². The molecule has 5 rings (SSSR count). The summed E-state index contributed by atoms with van der Waals surface area (Å²) in [5, 5.41) is 17.7. The quantitative estimate of drug-likeness (QED) is 0.450. The van der Waals surface area contributed by atoms with Gasteiger partial charge in [0.15, 0.2) is 5.82 Å². The Kier molecular flexibility index (Phi) is 7.40. The Morgan fingerprint density at radius 1 is 1.24 bits per heavy atom. The van der Waals surface area contributed by atoms with E-state index in [2.05, 4.69) is 22.3 Å². The van der Waals surface area contributed by atoms with Crippen molar-refractivity contribution < 1.29 is 19.1 Å². The standard InChI is InChI=1S/C27H34ClN5O4/c1-16-24(23-17(2)32-37-18(23)3)30-25(31-26(16)33-9-7-27(14-33)8-10-35-15-27)21-11-20(5-6-22(21)28)36-13-19(34)12-29-4/h5-6,11,19,29,34H,7-10,12-15H2,1-4H3/t19-,27?/m1/s1. The Labute approximate surface area is 222 Å². The summed E-state index contributed by atoms with van der Waals surface area (Å²) >= 11 is 6.68. The number of rotatable bonds is 8. The third kappa shape index (κ3) is 5.18. The number of hydrogen-bond donors (Lipinski definition) is 2. The zero-order chi connectivity index (χ0) is 26.2. The third-order valence-corrected chi connectivity index (χ3v) is 7.70. The van der Waals surface area contributed by atoms with Gasteiger partial charge in [-0.2, -0.15) is 0 Å². The van der Waals surface area contributed by atoms with Crippen molar-refractivity contribution in [1.29, 1.82) is 0 Å². The first kappa shape index (κ1) is 25.9. The monoisotopic (exact) mass is 527 g/mol. The molecule has 2 aromatic heterocycles. The smallest absolute Gasteiger partial charge is 0.163 e. The lowest BCUT2D eigenvalue weighted by Gasteiger charge is -2.25. The Morgan fingerprint density at radius 2 is 2.08 bits per heavy atom. The topological polar surface area (TPSA) is 106 Å². The number of benzene rings is 1. The molecular formula is C27H34ClN5O4. The summed E-state index contributed by atoms with van der Waals surface area (Å²) in [6, 6.07) is 5.39. The van der Waals surface area contributed by atoms with Gasteiger partial charge in [0.2, 0.25) is 0 Å². The van der Waals surface area contributed by atoms with Gasteiger partial charge in [0.25, 0.3) is 0 Å². The average Bonchev–Trinajstić information content (AvgIpc) is 3.61. The molecule has 0 amide bonds. The molecular weight excluding hydrogens is 494 g/mol. The minimum atomic E-state index is -0.625. The molecule has 2 N–H and O–H groups in total. The highest BCUT2D eigenvalue weighted by atomic mass is 35.5. The number of aliphatic hydroxyl groups is 1. The van der Waals surface area contributed by atoms with Gasteiger partial charge in [-0.25, -0.2) is 9.97 Å². The molecule has 0 saturated carbocycles. The zero-order valence-corrected chi connectivity index (χ0v) is 22.6. The summed E-state index contributed by atoms with van der Waals surface area (Å²) in [5.41, 5.74) is 4.26. The number of ether oxygens (including phenoxy) is 2. The first-order valence-corrected chi connectivity index (χ1v) is 13.1. The molecule has 2 aliphatic rings. The molecule has 2 saturated heterocycles. The van der Waals surface area contributed by atoms with E-state index in [0.29, 0.717) is 34.5 Å². The molecule has 3 aromatic rings. The second kappa shape index (κ2) is 10.6. The third-order valence-electron chi connectivity index (χ3n) is 7.37. The molecule has 1 aromatic carbocycles. The summed E-state index contributed by atoms with van der Waals surface area (Å²) in [4.78, 5) is 12.4. The lowest BCUT2D eigenvalue weighted by Crippen LogP contribution is -2.29. The van der Waals surface area contributed by atoms with Crippen LogP contribution in [0.15, 0.2) is 22.7 Å². The van der Waals surface area contributed by atoms with Crippen LogP contribution in [0.5, 0.6) is 5.75 Å². The van der Waals surface area contributed by atoms with E-state index in [9.17, 15) is 5.11 Å². The van der Waals surface area contributed by atoms with Crippen molar-refractivity contribution in [2.45, 2.75) is 39.7 Å². The summed E-state index contributed by atoms with van der Waals surface area (Å²) in [6.07, 6.45) is 1.52. The second-order valence-electron chi connectivity index (χ2n) is 10.2. The number of aryl methyl sites for hydroxylation is 2. The highest BCUT2D eigenvalue weighted by molar-refractivity contribution is 6.33. The Hall–Kier alpha value is -2.72. The van der Waals surface area contributed by atoms with Crippen LogP contribution < -0.4 is 15.0 Å². The highest BCUT2D eigenvalue weighted by Crippen LogP contribution is 2.43. The van der Waals surface area contributed by atoms with Crippen molar-refractivity contribution in [3.05, 3.63) is 40.2 Å². The molecule has 1 spiro atoms. The number of nitrogens with one attached hydrogen (secondary N) is 1. The number of nitrogens with zero attached hydrogens (tertiary/aromatic N) is 4. The molecule has 0 aliphatic carbocycles. The molecule has 10 heteroatoms. The van der Waals surface area contributed by atoms with Crippen LogP contribution in [-0.4, -0.2) is 72.8 Å². The number of aromatic nitrogens is 3. The summed E-state index contributed by atoms with van der Waals surface area (Å²) in [5.74, 6) is 2.68. The Bertz CT molecular complexity index is 1250. The number of anilines is 1. The predicted octanol–water partition coefficient (Wildman–Crippen LogP) is 3.95. The van der Waals surface area contributed by atoms with Crippen LogP contribution in [0.25, 0.3) is 22.6 Å². The highest BCUT2D eigenvalue weighted by Gasteiger charge is 2.42. The summed E-state index contributed by atoms with van der Waals surface area (Å²) in [7, 11) is 1.79. The fraction of sp³-hybridized carbons (Fsp3) is 0.519. The largest absolute Gasteiger partial charge is 0.491 e. The van der Waals surface area contributed by atoms with Crippen molar-refractivity contribution in [3.63, 3.8) is 0 Å². The van der Waals surface area contributed by atoms with Gasteiger partial charge < -0.3 is 29.3 Å². The van der Waals surface area contributed by atoms with E-state index in [1.165, 1.54) is 0 Å². The number of halogens is 1. The molecule has 9 nitrogen and oxygen atoms in total. The van der Waals surface area contributed by atoms with Crippen molar-refractivity contribution >= 4 is 17.4 Å². The number of likely N-dealkylation sites (N-methyl/N-ethyl adjacent to an activating group) is 1. The lowest BCUT2D eigenvalue weighted by molar-refractivity contribution is 0.108. The van der Waals surface area contributed by atoms with Crippen molar-refractivity contribution in [2.24, 2.45) is 5.41 Å². The average molecular weight is 528 g/mol. The van der Waals surface area contributed by atoms with Gasteiger partial charge in [0, 0.05) is 42.8 Å². The predicted molar refractivity (Wildman–Crippen MR) is 142 cm³/mol. The van der Waals surface area contributed by atoms with Crippen LogP contribution in [-0.2, 0) is 4.74 Å². The van der Waals surface area contributed by atoms with E-state index in [-0.39, 0.29) is 12.0 Å². The van der Waals surface area contributed by atoms with Crippen LogP contribution in [0, 0.1) is 26.2 Å². The fourth-order valence-corrected chi connectivity index (χ4v) is 5.54. The van der Waals surface area contributed by atoms with E-state index in [1.807, 2.05) is 19.9 Å².